The second kappa shape index (κ2) is 4.22. The highest BCUT2D eigenvalue weighted by molar-refractivity contribution is 5.52. The molecule has 0 amide bonds. The van der Waals surface area contributed by atoms with E-state index >= 15 is 0 Å². The van der Waals surface area contributed by atoms with Crippen LogP contribution in [0.2, 0.25) is 0 Å². The van der Waals surface area contributed by atoms with Crippen LogP contribution in [0.5, 0.6) is 0 Å². The molecule has 0 atom stereocenters. The molecule has 1 heterocycles. The normalized spacial score (nSPS) is 17.1. The van der Waals surface area contributed by atoms with Gasteiger partial charge in [0.15, 0.2) is 0 Å². The maximum Gasteiger partial charge on any atom is 0.0273 e. The van der Waals surface area contributed by atoms with Gasteiger partial charge < -0.3 is 0 Å². The highest BCUT2D eigenvalue weighted by Crippen LogP contribution is 2.24. The summed E-state index contributed by atoms with van der Waals surface area (Å²) in [5.41, 5.74) is 2.91. The standard InChI is InChI=1S/C12H15N/c1-2-4-11(5-3-1)10-12-6-8-13-9-7-12/h6-10H,1-5H2. The van der Waals surface area contributed by atoms with Crippen molar-refractivity contribution in [1.82, 2.24) is 4.98 Å². The molecule has 2 rings (SSSR count). The minimum Gasteiger partial charge on any atom is -0.265 e. The van der Waals surface area contributed by atoms with Crippen molar-refractivity contribution in [3.63, 3.8) is 0 Å². The average Bonchev–Trinajstić information content (AvgIpc) is 2.21. The molecule has 1 aliphatic carbocycles. The summed E-state index contributed by atoms with van der Waals surface area (Å²) in [5.74, 6) is 0. The van der Waals surface area contributed by atoms with Crippen LogP contribution in [0.4, 0.5) is 0 Å². The van der Waals surface area contributed by atoms with E-state index < -0.39 is 0 Å². The molecule has 1 aromatic rings. The number of hydrogen-bond donors (Lipinski definition) is 0. The monoisotopic (exact) mass is 173 g/mol. The van der Waals surface area contributed by atoms with Gasteiger partial charge in [-0.25, -0.2) is 0 Å². The van der Waals surface area contributed by atoms with Gasteiger partial charge in [-0.3, -0.25) is 4.98 Å². The maximum absolute atomic E-state index is 4.01. The Morgan fingerprint density at radius 1 is 1.00 bits per heavy atom. The van der Waals surface area contributed by atoms with E-state index in [2.05, 4.69) is 23.2 Å². The molecule has 13 heavy (non-hydrogen) atoms. The van der Waals surface area contributed by atoms with Crippen LogP contribution in [0.25, 0.3) is 6.08 Å². The summed E-state index contributed by atoms with van der Waals surface area (Å²) in [6, 6.07) is 4.14. The van der Waals surface area contributed by atoms with E-state index in [1.54, 1.807) is 5.57 Å². The Hall–Kier alpha value is -1.11. The first-order valence-corrected chi connectivity index (χ1v) is 5.04. The Kier molecular flexibility index (Phi) is 2.75. The van der Waals surface area contributed by atoms with E-state index in [0.29, 0.717) is 0 Å². The van der Waals surface area contributed by atoms with Crippen LogP contribution in [-0.4, -0.2) is 4.98 Å². The Morgan fingerprint density at radius 2 is 1.69 bits per heavy atom. The minimum absolute atomic E-state index is 1.29. The topological polar surface area (TPSA) is 12.9 Å². The summed E-state index contributed by atoms with van der Waals surface area (Å²) in [7, 11) is 0. The van der Waals surface area contributed by atoms with Crippen molar-refractivity contribution in [2.24, 2.45) is 0 Å². The Morgan fingerprint density at radius 3 is 2.38 bits per heavy atom. The fourth-order valence-electron chi connectivity index (χ4n) is 1.85. The molecule has 68 valence electrons. The maximum atomic E-state index is 4.01. The molecule has 1 fully saturated rings. The number of pyridine rings is 1. The van der Waals surface area contributed by atoms with Gasteiger partial charge in [-0.1, -0.05) is 18.1 Å². The van der Waals surface area contributed by atoms with Crippen LogP contribution >= 0.6 is 0 Å². The van der Waals surface area contributed by atoms with E-state index in [4.69, 9.17) is 0 Å². The lowest BCUT2D eigenvalue weighted by atomic mass is 9.93. The van der Waals surface area contributed by atoms with Crippen molar-refractivity contribution in [3.05, 3.63) is 35.7 Å². The minimum atomic E-state index is 1.29. The second-order valence-corrected chi connectivity index (χ2v) is 3.64. The summed E-state index contributed by atoms with van der Waals surface area (Å²) in [6.45, 7) is 0. The lowest BCUT2D eigenvalue weighted by molar-refractivity contribution is 0.602. The predicted molar refractivity (Wildman–Crippen MR) is 55.3 cm³/mol. The van der Waals surface area contributed by atoms with E-state index in [0.717, 1.165) is 0 Å². The van der Waals surface area contributed by atoms with E-state index in [1.807, 2.05) is 12.4 Å². The molecule has 1 aromatic heterocycles. The molecule has 1 aliphatic rings. The molecular weight excluding hydrogens is 158 g/mol. The highest BCUT2D eigenvalue weighted by atomic mass is 14.6. The van der Waals surface area contributed by atoms with Gasteiger partial charge in [0, 0.05) is 12.4 Å². The van der Waals surface area contributed by atoms with Crippen LogP contribution in [0.1, 0.15) is 37.7 Å². The van der Waals surface area contributed by atoms with Crippen LogP contribution < -0.4 is 0 Å². The van der Waals surface area contributed by atoms with Gasteiger partial charge in [-0.2, -0.15) is 0 Å². The van der Waals surface area contributed by atoms with Crippen molar-refractivity contribution in [2.75, 3.05) is 0 Å². The van der Waals surface area contributed by atoms with Crippen LogP contribution in [0.3, 0.4) is 0 Å². The van der Waals surface area contributed by atoms with Gasteiger partial charge >= 0.3 is 0 Å². The van der Waals surface area contributed by atoms with Crippen LogP contribution in [0.15, 0.2) is 30.1 Å². The molecule has 0 radical (unpaired) electrons. The van der Waals surface area contributed by atoms with E-state index in [1.165, 1.54) is 37.7 Å². The predicted octanol–water partition coefficient (Wildman–Crippen LogP) is 3.43. The van der Waals surface area contributed by atoms with Crippen LogP contribution in [0, 0.1) is 0 Å². The summed E-state index contributed by atoms with van der Waals surface area (Å²) < 4.78 is 0. The van der Waals surface area contributed by atoms with E-state index in [9.17, 15) is 0 Å². The SMILES string of the molecule is C(=C1CCCCC1)c1ccncc1. The summed E-state index contributed by atoms with van der Waals surface area (Å²) in [6.07, 6.45) is 12.8. The third-order valence-corrected chi connectivity index (χ3v) is 2.57. The molecule has 0 bridgehead atoms. The summed E-state index contributed by atoms with van der Waals surface area (Å²) in [5, 5.41) is 0. The summed E-state index contributed by atoms with van der Waals surface area (Å²) >= 11 is 0. The van der Waals surface area contributed by atoms with E-state index in [-0.39, 0.29) is 0 Å². The van der Waals surface area contributed by atoms with Crippen LogP contribution in [-0.2, 0) is 0 Å². The first-order valence-electron chi connectivity index (χ1n) is 5.04. The fourth-order valence-corrected chi connectivity index (χ4v) is 1.85. The third kappa shape index (κ3) is 2.41. The quantitative estimate of drug-likeness (QED) is 0.634. The molecule has 1 saturated carbocycles. The van der Waals surface area contributed by atoms with Crippen molar-refractivity contribution < 1.29 is 0 Å². The van der Waals surface area contributed by atoms with Crippen molar-refractivity contribution in [2.45, 2.75) is 32.1 Å². The fraction of sp³-hybridized carbons (Fsp3) is 0.417. The van der Waals surface area contributed by atoms with Gasteiger partial charge in [0.25, 0.3) is 0 Å². The Balaban J connectivity index is 2.10. The van der Waals surface area contributed by atoms with Gasteiger partial charge in [-0.05, 0) is 43.4 Å². The Labute approximate surface area is 79.5 Å². The lowest BCUT2D eigenvalue weighted by Crippen LogP contribution is -1.93. The van der Waals surface area contributed by atoms with Gasteiger partial charge in [0.2, 0.25) is 0 Å². The first kappa shape index (κ1) is 8.49. The molecular formula is C12H15N. The highest BCUT2D eigenvalue weighted by Gasteiger charge is 2.04. The molecule has 0 aliphatic heterocycles. The summed E-state index contributed by atoms with van der Waals surface area (Å²) in [4.78, 5) is 4.01. The zero-order chi connectivity index (χ0) is 8.93. The van der Waals surface area contributed by atoms with Gasteiger partial charge in [-0.15, -0.1) is 0 Å². The van der Waals surface area contributed by atoms with Crippen molar-refractivity contribution in [1.29, 1.82) is 0 Å². The second-order valence-electron chi connectivity index (χ2n) is 3.64. The zero-order valence-electron chi connectivity index (χ0n) is 7.87. The molecule has 1 heteroatoms. The molecule has 0 aromatic carbocycles. The first-order chi connectivity index (χ1) is 6.45. The molecule has 0 unspecified atom stereocenters. The van der Waals surface area contributed by atoms with Crippen molar-refractivity contribution in [3.8, 4) is 0 Å². The number of hydrogen-bond acceptors (Lipinski definition) is 1. The number of allylic oxidation sites excluding steroid dienone is 1. The Bertz CT molecular complexity index is 279. The third-order valence-electron chi connectivity index (χ3n) is 2.57. The smallest absolute Gasteiger partial charge is 0.0273 e. The lowest BCUT2D eigenvalue weighted by Gasteiger charge is -2.13. The molecule has 0 saturated heterocycles. The number of nitrogens with zero attached hydrogens (tertiary/aromatic N) is 1. The largest absolute Gasteiger partial charge is 0.265 e. The van der Waals surface area contributed by atoms with Crippen molar-refractivity contribution >= 4 is 6.08 Å². The zero-order valence-corrected chi connectivity index (χ0v) is 7.87. The number of aromatic nitrogens is 1. The average molecular weight is 173 g/mol. The molecule has 0 N–H and O–H groups in total. The number of rotatable bonds is 1. The van der Waals surface area contributed by atoms with Gasteiger partial charge in [0.05, 0.1) is 0 Å². The van der Waals surface area contributed by atoms with Gasteiger partial charge in [0.1, 0.15) is 0 Å². The molecule has 0 spiro atoms. The molecule has 1 nitrogen and oxygen atoms in total.